The Kier molecular flexibility index (Phi) is 2.50. The summed E-state index contributed by atoms with van der Waals surface area (Å²) in [5.74, 6) is 0.623. The van der Waals surface area contributed by atoms with Gasteiger partial charge in [-0.3, -0.25) is 0 Å². The van der Waals surface area contributed by atoms with Gasteiger partial charge < -0.3 is 4.42 Å². The molecule has 0 unspecified atom stereocenters. The van der Waals surface area contributed by atoms with Crippen molar-refractivity contribution in [1.29, 1.82) is 0 Å². The summed E-state index contributed by atoms with van der Waals surface area (Å²) in [6.07, 6.45) is 2.25. The van der Waals surface area contributed by atoms with Gasteiger partial charge in [-0.2, -0.15) is 4.98 Å². The van der Waals surface area contributed by atoms with E-state index < -0.39 is 0 Å². The van der Waals surface area contributed by atoms with Crippen molar-refractivity contribution in [2.24, 2.45) is 0 Å². The van der Waals surface area contributed by atoms with Crippen molar-refractivity contribution in [3.8, 4) is 0 Å². The molecule has 0 aliphatic carbocycles. The first kappa shape index (κ1) is 11.5. The second kappa shape index (κ2) is 4.35. The van der Waals surface area contributed by atoms with Gasteiger partial charge in [-0.1, -0.05) is 0 Å². The molecule has 0 spiro atoms. The first-order chi connectivity index (χ1) is 9.78. The van der Waals surface area contributed by atoms with E-state index in [1.165, 1.54) is 0 Å². The van der Waals surface area contributed by atoms with Crippen molar-refractivity contribution in [2.75, 3.05) is 0 Å². The first-order valence-corrected chi connectivity index (χ1v) is 7.03. The lowest BCUT2D eigenvalue weighted by Gasteiger charge is -1.95. The Labute approximate surface area is 118 Å². The highest BCUT2D eigenvalue weighted by atomic mass is 32.1. The smallest absolute Gasteiger partial charge is 0.203 e. The minimum atomic E-state index is 0.545. The molecule has 20 heavy (non-hydrogen) atoms. The van der Waals surface area contributed by atoms with Gasteiger partial charge in [-0.15, -0.1) is 11.3 Å². The molecule has 0 bridgehead atoms. The summed E-state index contributed by atoms with van der Waals surface area (Å²) in [7, 11) is 0. The maximum absolute atomic E-state index is 5.66. The summed E-state index contributed by atoms with van der Waals surface area (Å²) < 4.78 is 6.76. The molecule has 6 heteroatoms. The summed E-state index contributed by atoms with van der Waals surface area (Å²) in [6, 6.07) is 7.73. The molecule has 0 radical (unpaired) electrons. The Hall–Kier alpha value is -2.34. The van der Waals surface area contributed by atoms with Crippen LogP contribution in [0.2, 0.25) is 0 Å². The normalized spacial score (nSPS) is 11.4. The second-order valence-electron chi connectivity index (χ2n) is 4.47. The maximum Gasteiger partial charge on any atom is 0.203 e. The SMILES string of the molecule is Cc1nc2nc(Cc3nc4ncccc4o3)ccc2s1. The monoisotopic (exact) mass is 282 g/mol. The van der Waals surface area contributed by atoms with Crippen molar-refractivity contribution >= 4 is 32.9 Å². The Balaban J connectivity index is 1.72. The number of hydrogen-bond donors (Lipinski definition) is 0. The number of pyridine rings is 2. The largest absolute Gasteiger partial charge is 0.439 e. The number of fused-ring (bicyclic) bond motifs is 2. The van der Waals surface area contributed by atoms with Gasteiger partial charge in [0, 0.05) is 6.20 Å². The highest BCUT2D eigenvalue weighted by Crippen LogP contribution is 2.21. The highest BCUT2D eigenvalue weighted by molar-refractivity contribution is 7.18. The Morgan fingerprint density at radius 3 is 2.95 bits per heavy atom. The van der Waals surface area contributed by atoms with Crippen LogP contribution in [0.4, 0.5) is 0 Å². The number of rotatable bonds is 2. The van der Waals surface area contributed by atoms with Gasteiger partial charge in [-0.25, -0.2) is 15.0 Å². The lowest BCUT2D eigenvalue weighted by Crippen LogP contribution is -1.92. The van der Waals surface area contributed by atoms with Crippen LogP contribution in [-0.2, 0) is 6.42 Å². The second-order valence-corrected chi connectivity index (χ2v) is 5.70. The standard InChI is InChI=1S/C14H10N4OS/c1-8-16-14-11(20-8)5-4-9(17-14)7-12-18-13-10(19-12)3-2-6-15-13/h2-6H,7H2,1H3. The quantitative estimate of drug-likeness (QED) is 0.565. The molecule has 98 valence electrons. The van der Waals surface area contributed by atoms with Crippen LogP contribution in [-0.4, -0.2) is 19.9 Å². The van der Waals surface area contributed by atoms with E-state index in [2.05, 4.69) is 19.9 Å². The van der Waals surface area contributed by atoms with Crippen LogP contribution in [0, 0.1) is 6.92 Å². The molecule has 0 aromatic carbocycles. The predicted molar refractivity (Wildman–Crippen MR) is 76.8 cm³/mol. The van der Waals surface area contributed by atoms with Crippen molar-refractivity contribution in [1.82, 2.24) is 19.9 Å². The van der Waals surface area contributed by atoms with Crippen LogP contribution in [0.15, 0.2) is 34.9 Å². The third-order valence-electron chi connectivity index (χ3n) is 2.96. The van der Waals surface area contributed by atoms with Crippen molar-refractivity contribution in [2.45, 2.75) is 13.3 Å². The van der Waals surface area contributed by atoms with E-state index in [0.29, 0.717) is 23.5 Å². The molecule has 4 rings (SSSR count). The fourth-order valence-corrected chi connectivity index (χ4v) is 2.88. The predicted octanol–water partition coefficient (Wildman–Crippen LogP) is 3.13. The molecule has 0 atom stereocenters. The summed E-state index contributed by atoms with van der Waals surface area (Å²) in [6.45, 7) is 1.98. The molecule has 4 aromatic rings. The molecular formula is C14H10N4OS. The van der Waals surface area contributed by atoms with Crippen molar-refractivity contribution in [3.63, 3.8) is 0 Å². The zero-order chi connectivity index (χ0) is 13.5. The fraction of sp³-hybridized carbons (Fsp3) is 0.143. The van der Waals surface area contributed by atoms with Crippen molar-refractivity contribution < 1.29 is 4.42 Å². The Morgan fingerprint density at radius 1 is 1.10 bits per heavy atom. The van der Waals surface area contributed by atoms with E-state index in [9.17, 15) is 0 Å². The molecule has 0 aliphatic heterocycles. The van der Waals surface area contributed by atoms with Crippen molar-refractivity contribution in [3.05, 3.63) is 47.1 Å². The van der Waals surface area contributed by atoms with E-state index >= 15 is 0 Å². The molecule has 0 amide bonds. The number of thiazole rings is 1. The van der Waals surface area contributed by atoms with E-state index in [-0.39, 0.29) is 0 Å². The summed E-state index contributed by atoms with van der Waals surface area (Å²) in [4.78, 5) is 17.5. The average molecular weight is 282 g/mol. The molecule has 5 nitrogen and oxygen atoms in total. The zero-order valence-corrected chi connectivity index (χ0v) is 11.5. The molecule has 0 saturated carbocycles. The molecule has 0 aliphatic rings. The van der Waals surface area contributed by atoms with E-state index in [0.717, 1.165) is 21.0 Å². The Bertz CT molecular complexity index is 879. The highest BCUT2D eigenvalue weighted by Gasteiger charge is 2.09. The van der Waals surface area contributed by atoms with Gasteiger partial charge in [0.25, 0.3) is 0 Å². The van der Waals surface area contributed by atoms with Gasteiger partial charge in [0.1, 0.15) is 0 Å². The van der Waals surface area contributed by atoms with Gasteiger partial charge in [-0.05, 0) is 31.2 Å². The van der Waals surface area contributed by atoms with E-state index in [1.54, 1.807) is 17.5 Å². The first-order valence-electron chi connectivity index (χ1n) is 6.21. The number of hydrogen-bond acceptors (Lipinski definition) is 6. The van der Waals surface area contributed by atoms with Gasteiger partial charge in [0.15, 0.2) is 16.9 Å². The van der Waals surface area contributed by atoms with Crippen LogP contribution in [0.25, 0.3) is 21.6 Å². The summed E-state index contributed by atoms with van der Waals surface area (Å²) in [5, 5.41) is 1.02. The lowest BCUT2D eigenvalue weighted by molar-refractivity contribution is 0.542. The summed E-state index contributed by atoms with van der Waals surface area (Å²) >= 11 is 1.65. The molecule has 0 saturated heterocycles. The maximum atomic E-state index is 5.66. The number of aromatic nitrogens is 4. The molecule has 0 fully saturated rings. The average Bonchev–Trinajstić information content (AvgIpc) is 2.99. The van der Waals surface area contributed by atoms with E-state index in [1.807, 2.05) is 31.2 Å². The van der Waals surface area contributed by atoms with Crippen LogP contribution in [0.3, 0.4) is 0 Å². The fourth-order valence-electron chi connectivity index (χ4n) is 2.11. The minimum Gasteiger partial charge on any atom is -0.439 e. The third kappa shape index (κ3) is 1.94. The topological polar surface area (TPSA) is 64.7 Å². The summed E-state index contributed by atoms with van der Waals surface area (Å²) in [5.41, 5.74) is 3.02. The van der Waals surface area contributed by atoms with Crippen LogP contribution >= 0.6 is 11.3 Å². The third-order valence-corrected chi connectivity index (χ3v) is 3.88. The van der Waals surface area contributed by atoms with Crippen LogP contribution in [0.1, 0.15) is 16.6 Å². The van der Waals surface area contributed by atoms with Crippen LogP contribution in [0.5, 0.6) is 0 Å². The molecule has 4 aromatic heterocycles. The molecule has 0 N–H and O–H groups in total. The lowest BCUT2D eigenvalue weighted by atomic mass is 10.3. The molecular weight excluding hydrogens is 272 g/mol. The van der Waals surface area contributed by atoms with Gasteiger partial charge in [0.2, 0.25) is 5.89 Å². The number of oxazole rings is 1. The number of aryl methyl sites for hydroxylation is 1. The van der Waals surface area contributed by atoms with Crippen LogP contribution < -0.4 is 0 Å². The van der Waals surface area contributed by atoms with Gasteiger partial charge in [0.05, 0.1) is 21.8 Å². The Morgan fingerprint density at radius 2 is 2.05 bits per heavy atom. The number of nitrogens with zero attached hydrogens (tertiary/aromatic N) is 4. The van der Waals surface area contributed by atoms with E-state index in [4.69, 9.17) is 4.42 Å². The minimum absolute atomic E-state index is 0.545. The van der Waals surface area contributed by atoms with Gasteiger partial charge >= 0.3 is 0 Å². The molecule has 4 heterocycles. The zero-order valence-electron chi connectivity index (χ0n) is 10.7.